The van der Waals surface area contributed by atoms with Gasteiger partial charge < -0.3 is 15.0 Å². The third-order valence-electron chi connectivity index (χ3n) is 6.15. The van der Waals surface area contributed by atoms with E-state index in [4.69, 9.17) is 16.3 Å². The zero-order valence-electron chi connectivity index (χ0n) is 20.7. The number of alkyl halides is 1. The quantitative estimate of drug-likeness (QED) is 0.399. The van der Waals surface area contributed by atoms with Crippen molar-refractivity contribution in [3.63, 3.8) is 0 Å². The number of halogens is 3. The SMILES string of the molecule is Cc1cc(Oc2ccccc2)ccc1N(C(=O)CCl)C(C(=O)N1CCN[C@@H](C)C1)c1ccc(F)cc1.Cl. The summed E-state index contributed by atoms with van der Waals surface area (Å²) < 4.78 is 19.7. The van der Waals surface area contributed by atoms with Gasteiger partial charge in [0.1, 0.15) is 29.2 Å². The molecule has 0 bridgehead atoms. The van der Waals surface area contributed by atoms with Crippen molar-refractivity contribution in [1.29, 1.82) is 0 Å². The maximum absolute atomic E-state index is 13.9. The van der Waals surface area contributed by atoms with Gasteiger partial charge in [-0.05, 0) is 67.4 Å². The number of carbonyl (C=O) groups is 2. The highest BCUT2D eigenvalue weighted by Gasteiger charge is 2.37. The lowest BCUT2D eigenvalue weighted by Gasteiger charge is -2.38. The van der Waals surface area contributed by atoms with E-state index < -0.39 is 17.8 Å². The van der Waals surface area contributed by atoms with Crippen molar-refractivity contribution in [1.82, 2.24) is 10.2 Å². The summed E-state index contributed by atoms with van der Waals surface area (Å²) in [5.74, 6) is -0.119. The number of nitrogens with zero attached hydrogens (tertiary/aromatic N) is 2. The van der Waals surface area contributed by atoms with E-state index in [1.54, 1.807) is 29.2 Å². The Balaban J connectivity index is 0.00000380. The second-order valence-electron chi connectivity index (χ2n) is 8.85. The summed E-state index contributed by atoms with van der Waals surface area (Å²) in [6.45, 7) is 5.51. The molecule has 9 heteroatoms. The predicted molar refractivity (Wildman–Crippen MR) is 146 cm³/mol. The smallest absolute Gasteiger partial charge is 0.250 e. The fraction of sp³-hybridized carbons (Fsp3) is 0.286. The molecule has 1 heterocycles. The second kappa shape index (κ2) is 12.9. The first-order valence-corrected chi connectivity index (χ1v) is 12.4. The summed E-state index contributed by atoms with van der Waals surface area (Å²) in [6.07, 6.45) is 0. The van der Waals surface area contributed by atoms with E-state index in [0.29, 0.717) is 42.4 Å². The minimum absolute atomic E-state index is 0. The zero-order chi connectivity index (χ0) is 25.7. The molecule has 0 aliphatic carbocycles. The number of anilines is 1. The van der Waals surface area contributed by atoms with Crippen molar-refractivity contribution in [2.75, 3.05) is 30.4 Å². The molecule has 0 spiro atoms. The van der Waals surface area contributed by atoms with Gasteiger partial charge >= 0.3 is 0 Å². The first-order chi connectivity index (χ1) is 17.4. The van der Waals surface area contributed by atoms with Crippen molar-refractivity contribution < 1.29 is 18.7 Å². The van der Waals surface area contributed by atoms with E-state index in [-0.39, 0.29) is 30.2 Å². The standard InChI is InChI=1S/C28H29ClFN3O3.ClH/c1-19-16-24(36-23-6-4-3-5-7-23)12-13-25(19)33(26(34)17-29)27(21-8-10-22(30)11-9-21)28(35)32-15-14-31-20(2)18-32;/h3-13,16,20,27,31H,14-15,17-18H2,1-2H3;1H/t20-,27?;/m0./s1. The monoisotopic (exact) mass is 545 g/mol. The van der Waals surface area contributed by atoms with E-state index in [9.17, 15) is 14.0 Å². The van der Waals surface area contributed by atoms with Crippen LogP contribution in [0.1, 0.15) is 24.1 Å². The molecule has 37 heavy (non-hydrogen) atoms. The summed E-state index contributed by atoms with van der Waals surface area (Å²) in [4.78, 5) is 30.4. The number of carbonyl (C=O) groups excluding carboxylic acids is 2. The van der Waals surface area contributed by atoms with E-state index >= 15 is 0 Å². The average Bonchev–Trinajstić information content (AvgIpc) is 2.88. The van der Waals surface area contributed by atoms with Gasteiger partial charge in [-0.3, -0.25) is 14.5 Å². The van der Waals surface area contributed by atoms with E-state index in [1.807, 2.05) is 50.2 Å². The molecular weight excluding hydrogens is 516 g/mol. The van der Waals surface area contributed by atoms with Gasteiger partial charge in [0.15, 0.2) is 0 Å². The molecule has 0 saturated carbocycles. The molecule has 0 aromatic heterocycles. The molecule has 4 rings (SSSR count). The van der Waals surface area contributed by atoms with Crippen LogP contribution in [-0.4, -0.2) is 48.3 Å². The molecule has 2 atom stereocenters. The molecule has 3 aromatic rings. The van der Waals surface area contributed by atoms with Crippen molar-refractivity contribution >= 4 is 41.5 Å². The van der Waals surface area contributed by atoms with Gasteiger partial charge in [-0.15, -0.1) is 24.0 Å². The zero-order valence-corrected chi connectivity index (χ0v) is 22.3. The van der Waals surface area contributed by atoms with Crippen molar-refractivity contribution in [3.8, 4) is 11.5 Å². The number of para-hydroxylation sites is 1. The van der Waals surface area contributed by atoms with Crippen LogP contribution in [0.15, 0.2) is 72.8 Å². The van der Waals surface area contributed by atoms with E-state index in [0.717, 1.165) is 5.56 Å². The normalized spacial score (nSPS) is 15.9. The molecule has 1 N–H and O–H groups in total. The largest absolute Gasteiger partial charge is 0.457 e. The number of amides is 2. The van der Waals surface area contributed by atoms with Gasteiger partial charge in [0.05, 0.1) is 0 Å². The number of piperazine rings is 1. The molecule has 196 valence electrons. The van der Waals surface area contributed by atoms with Crippen LogP contribution in [-0.2, 0) is 9.59 Å². The van der Waals surface area contributed by atoms with E-state index in [2.05, 4.69) is 5.32 Å². The third-order valence-corrected chi connectivity index (χ3v) is 6.38. The van der Waals surface area contributed by atoms with Crippen molar-refractivity contribution in [3.05, 3.63) is 89.7 Å². The van der Waals surface area contributed by atoms with Crippen LogP contribution in [0.4, 0.5) is 10.1 Å². The van der Waals surface area contributed by atoms with Crippen LogP contribution < -0.4 is 15.0 Å². The Labute approximate surface area is 227 Å². The summed E-state index contributed by atoms with van der Waals surface area (Å²) >= 11 is 6.05. The second-order valence-corrected chi connectivity index (χ2v) is 9.12. The molecule has 1 saturated heterocycles. The summed E-state index contributed by atoms with van der Waals surface area (Å²) in [7, 11) is 0. The maximum Gasteiger partial charge on any atom is 0.250 e. The Morgan fingerprint density at radius 1 is 1.11 bits per heavy atom. The first-order valence-electron chi connectivity index (χ1n) is 11.9. The highest BCUT2D eigenvalue weighted by atomic mass is 35.5. The summed E-state index contributed by atoms with van der Waals surface area (Å²) in [5, 5.41) is 3.32. The molecule has 1 aliphatic rings. The molecule has 0 radical (unpaired) electrons. The Morgan fingerprint density at radius 2 is 1.81 bits per heavy atom. The molecule has 3 aromatic carbocycles. The lowest BCUT2D eigenvalue weighted by molar-refractivity contribution is -0.135. The van der Waals surface area contributed by atoms with Crippen LogP contribution in [0.5, 0.6) is 11.5 Å². The van der Waals surface area contributed by atoms with Crippen LogP contribution in [0, 0.1) is 12.7 Å². The van der Waals surface area contributed by atoms with Crippen molar-refractivity contribution in [2.24, 2.45) is 0 Å². The molecule has 1 unspecified atom stereocenters. The highest BCUT2D eigenvalue weighted by molar-refractivity contribution is 6.30. The van der Waals surface area contributed by atoms with Gasteiger partial charge in [0.25, 0.3) is 5.91 Å². The van der Waals surface area contributed by atoms with Gasteiger partial charge in [-0.1, -0.05) is 30.3 Å². The number of hydrogen-bond acceptors (Lipinski definition) is 4. The first kappa shape index (κ1) is 28.4. The predicted octanol–water partition coefficient (Wildman–Crippen LogP) is 5.48. The van der Waals surface area contributed by atoms with Crippen LogP contribution in [0.2, 0.25) is 0 Å². The van der Waals surface area contributed by atoms with Crippen LogP contribution >= 0.6 is 24.0 Å². The van der Waals surface area contributed by atoms with Crippen LogP contribution in [0.3, 0.4) is 0 Å². The molecule has 2 amide bonds. The Morgan fingerprint density at radius 3 is 2.43 bits per heavy atom. The fourth-order valence-corrected chi connectivity index (χ4v) is 4.55. The third kappa shape index (κ3) is 6.80. The summed E-state index contributed by atoms with van der Waals surface area (Å²) in [5.41, 5.74) is 1.78. The number of benzene rings is 3. The Hall–Kier alpha value is -3.13. The Kier molecular flexibility index (Phi) is 9.92. The number of rotatable bonds is 7. The van der Waals surface area contributed by atoms with Crippen LogP contribution in [0.25, 0.3) is 0 Å². The molecule has 6 nitrogen and oxygen atoms in total. The maximum atomic E-state index is 13.9. The fourth-order valence-electron chi connectivity index (χ4n) is 4.42. The minimum Gasteiger partial charge on any atom is -0.457 e. The minimum atomic E-state index is -0.998. The van der Waals surface area contributed by atoms with Gasteiger partial charge in [0, 0.05) is 31.4 Å². The molecular formula is C28H30Cl2FN3O3. The van der Waals surface area contributed by atoms with Gasteiger partial charge in [0.2, 0.25) is 5.91 Å². The molecule has 1 fully saturated rings. The average molecular weight is 546 g/mol. The topological polar surface area (TPSA) is 61.9 Å². The number of nitrogens with one attached hydrogen (secondary N) is 1. The lowest BCUT2D eigenvalue weighted by atomic mass is 10.0. The lowest BCUT2D eigenvalue weighted by Crippen LogP contribution is -2.55. The number of aryl methyl sites for hydroxylation is 1. The van der Waals surface area contributed by atoms with Crippen molar-refractivity contribution in [2.45, 2.75) is 25.9 Å². The molecule has 1 aliphatic heterocycles. The highest BCUT2D eigenvalue weighted by Crippen LogP contribution is 2.35. The number of hydrogen-bond donors (Lipinski definition) is 1. The van der Waals surface area contributed by atoms with E-state index in [1.165, 1.54) is 17.0 Å². The summed E-state index contributed by atoms with van der Waals surface area (Å²) in [6, 6.07) is 19.5. The number of ether oxygens (including phenoxy) is 1. The van der Waals surface area contributed by atoms with Gasteiger partial charge in [-0.25, -0.2) is 4.39 Å². The van der Waals surface area contributed by atoms with Gasteiger partial charge in [-0.2, -0.15) is 0 Å². The Bertz CT molecular complexity index is 1210.